The van der Waals surface area contributed by atoms with Gasteiger partial charge in [-0.05, 0) is 49.3 Å². The largest absolute Gasteiger partial charge is 0.481 e. The van der Waals surface area contributed by atoms with Crippen LogP contribution in [0.2, 0.25) is 5.02 Å². The number of benzene rings is 1. The maximum atomic E-state index is 13.1. The summed E-state index contributed by atoms with van der Waals surface area (Å²) in [6.45, 7) is 0. The van der Waals surface area contributed by atoms with E-state index in [0.717, 1.165) is 19.3 Å². The van der Waals surface area contributed by atoms with Crippen molar-refractivity contribution in [2.45, 2.75) is 19.3 Å². The van der Waals surface area contributed by atoms with Crippen molar-refractivity contribution in [3.8, 4) is 0 Å². The number of amides is 1. The van der Waals surface area contributed by atoms with Gasteiger partial charge in [-0.1, -0.05) is 11.6 Å². The predicted octanol–water partition coefficient (Wildman–Crippen LogP) is 3.16. The van der Waals surface area contributed by atoms with Gasteiger partial charge in [0.05, 0.1) is 16.9 Å². The van der Waals surface area contributed by atoms with Gasteiger partial charge >= 0.3 is 5.97 Å². The fraction of sp³-hybridized carbons (Fsp3) is 0.467. The van der Waals surface area contributed by atoms with Crippen LogP contribution in [0, 0.1) is 29.5 Å². The average Bonchev–Trinajstić information content (AvgIpc) is 3.03. The van der Waals surface area contributed by atoms with Crippen molar-refractivity contribution >= 4 is 29.2 Å². The van der Waals surface area contributed by atoms with Gasteiger partial charge in [-0.15, -0.1) is 0 Å². The minimum absolute atomic E-state index is 0.0736. The molecule has 1 aromatic carbocycles. The monoisotopic (exact) mass is 311 g/mol. The van der Waals surface area contributed by atoms with Crippen LogP contribution >= 0.6 is 11.6 Å². The number of halogens is 2. The molecule has 0 saturated heterocycles. The third-order valence-corrected chi connectivity index (χ3v) is 4.98. The molecule has 1 amide bonds. The Kier molecular flexibility index (Phi) is 3.61. The smallest absolute Gasteiger partial charge is 0.307 e. The van der Waals surface area contributed by atoms with E-state index in [1.807, 2.05) is 0 Å². The predicted molar refractivity (Wildman–Crippen MR) is 75.5 cm³/mol. The molecule has 6 heteroatoms. The summed E-state index contributed by atoms with van der Waals surface area (Å²) in [5.41, 5.74) is 0.387. The quantitative estimate of drug-likeness (QED) is 0.901. The Balaban J connectivity index is 1.78. The van der Waals surface area contributed by atoms with Crippen LogP contribution in [0.1, 0.15) is 19.3 Å². The zero-order valence-electron chi connectivity index (χ0n) is 11.2. The van der Waals surface area contributed by atoms with Gasteiger partial charge in [0.25, 0.3) is 0 Å². The molecular formula is C15H15ClFNO3. The lowest BCUT2D eigenvalue weighted by molar-refractivity contribution is -0.148. The maximum Gasteiger partial charge on any atom is 0.307 e. The lowest BCUT2D eigenvalue weighted by Gasteiger charge is -2.27. The number of carbonyl (C=O) groups is 2. The standard InChI is InChI=1S/C15H15ClFNO3/c16-10-6-9(3-4-11(10)17)18-14(19)12-7-1-2-8(5-7)13(12)15(20)21/h3-4,6-8,12-13H,1-2,5H2,(H,18,19)(H,20,21)/t7-,8+,12-,13+/m0/s1. The summed E-state index contributed by atoms with van der Waals surface area (Å²) in [5.74, 6) is -2.66. The molecule has 1 aromatic rings. The van der Waals surface area contributed by atoms with Crippen LogP contribution in [-0.4, -0.2) is 17.0 Å². The number of aliphatic carboxylic acids is 1. The van der Waals surface area contributed by atoms with E-state index in [0.29, 0.717) is 5.69 Å². The Hall–Kier alpha value is -1.62. The number of hydrogen-bond acceptors (Lipinski definition) is 2. The van der Waals surface area contributed by atoms with Gasteiger partial charge in [-0.2, -0.15) is 0 Å². The van der Waals surface area contributed by atoms with Crippen molar-refractivity contribution in [1.82, 2.24) is 0 Å². The molecule has 4 atom stereocenters. The van der Waals surface area contributed by atoms with Crippen molar-refractivity contribution in [1.29, 1.82) is 0 Å². The summed E-state index contributed by atoms with van der Waals surface area (Å²) in [6.07, 6.45) is 2.59. The fourth-order valence-electron chi connectivity index (χ4n) is 3.82. The molecule has 4 nitrogen and oxygen atoms in total. The third kappa shape index (κ3) is 2.50. The van der Waals surface area contributed by atoms with Crippen molar-refractivity contribution < 1.29 is 19.1 Å². The van der Waals surface area contributed by atoms with Crippen molar-refractivity contribution in [2.75, 3.05) is 5.32 Å². The molecule has 0 aromatic heterocycles. The number of carboxylic acids is 1. The molecule has 3 rings (SSSR count). The molecule has 2 aliphatic rings. The van der Waals surface area contributed by atoms with Gasteiger partial charge in [0.15, 0.2) is 0 Å². The van der Waals surface area contributed by atoms with E-state index in [4.69, 9.17) is 11.6 Å². The van der Waals surface area contributed by atoms with E-state index in [2.05, 4.69) is 5.32 Å². The fourth-order valence-corrected chi connectivity index (χ4v) is 4.00. The van der Waals surface area contributed by atoms with Gasteiger partial charge in [0, 0.05) is 5.69 Å². The van der Waals surface area contributed by atoms with Crippen LogP contribution in [0.3, 0.4) is 0 Å². The van der Waals surface area contributed by atoms with E-state index in [1.54, 1.807) is 0 Å². The van der Waals surface area contributed by atoms with E-state index in [1.165, 1.54) is 18.2 Å². The number of nitrogens with one attached hydrogen (secondary N) is 1. The number of hydrogen-bond donors (Lipinski definition) is 2. The molecule has 2 aliphatic carbocycles. The minimum Gasteiger partial charge on any atom is -0.481 e. The first-order chi connectivity index (χ1) is 9.97. The molecule has 2 fully saturated rings. The Bertz CT molecular complexity index is 607. The van der Waals surface area contributed by atoms with E-state index < -0.39 is 23.6 Å². The Morgan fingerprint density at radius 1 is 1.24 bits per heavy atom. The maximum absolute atomic E-state index is 13.1. The van der Waals surface area contributed by atoms with E-state index in [-0.39, 0.29) is 22.8 Å². The Labute approximate surface area is 126 Å². The summed E-state index contributed by atoms with van der Waals surface area (Å²) in [7, 11) is 0. The summed E-state index contributed by atoms with van der Waals surface area (Å²) < 4.78 is 13.1. The first-order valence-corrected chi connectivity index (χ1v) is 7.34. The lowest BCUT2D eigenvalue weighted by Crippen LogP contribution is -2.37. The zero-order valence-corrected chi connectivity index (χ0v) is 11.9. The molecular weight excluding hydrogens is 297 g/mol. The molecule has 0 aliphatic heterocycles. The molecule has 0 spiro atoms. The SMILES string of the molecule is O=C(O)[C@@H]1[C@@H]2CC[C@@H](C2)[C@@H]1C(=O)Nc1ccc(F)c(Cl)c1. The van der Waals surface area contributed by atoms with E-state index in [9.17, 15) is 19.1 Å². The first-order valence-electron chi connectivity index (χ1n) is 6.96. The number of fused-ring (bicyclic) bond motifs is 2. The summed E-state index contributed by atoms with van der Waals surface area (Å²) in [5, 5.41) is 11.9. The van der Waals surface area contributed by atoms with Crippen molar-refractivity contribution in [2.24, 2.45) is 23.7 Å². The highest BCUT2D eigenvalue weighted by atomic mass is 35.5. The molecule has 21 heavy (non-hydrogen) atoms. The highest BCUT2D eigenvalue weighted by molar-refractivity contribution is 6.31. The number of rotatable bonds is 3. The third-order valence-electron chi connectivity index (χ3n) is 4.69. The molecule has 2 bridgehead atoms. The molecule has 0 radical (unpaired) electrons. The number of anilines is 1. The normalized spacial score (nSPS) is 30.4. The highest BCUT2D eigenvalue weighted by Gasteiger charge is 2.53. The van der Waals surface area contributed by atoms with Gasteiger partial charge < -0.3 is 10.4 Å². The lowest BCUT2D eigenvalue weighted by atomic mass is 9.78. The second kappa shape index (κ2) is 5.30. The van der Waals surface area contributed by atoms with Crippen LogP contribution < -0.4 is 5.32 Å². The van der Waals surface area contributed by atoms with Crippen molar-refractivity contribution in [3.05, 3.63) is 29.0 Å². The molecule has 0 unspecified atom stereocenters. The molecule has 2 saturated carbocycles. The van der Waals surface area contributed by atoms with Crippen LogP contribution in [0.5, 0.6) is 0 Å². The number of carbonyl (C=O) groups excluding carboxylic acids is 1. The summed E-state index contributed by atoms with van der Waals surface area (Å²) in [6, 6.07) is 3.92. The van der Waals surface area contributed by atoms with E-state index >= 15 is 0 Å². The summed E-state index contributed by atoms with van der Waals surface area (Å²) in [4.78, 5) is 23.8. The van der Waals surface area contributed by atoms with Crippen molar-refractivity contribution in [3.63, 3.8) is 0 Å². The average molecular weight is 312 g/mol. The molecule has 112 valence electrons. The summed E-state index contributed by atoms with van der Waals surface area (Å²) >= 11 is 5.68. The molecule has 0 heterocycles. The van der Waals surface area contributed by atoms with Gasteiger partial charge in [-0.3, -0.25) is 9.59 Å². The van der Waals surface area contributed by atoms with Crippen LogP contribution in [-0.2, 0) is 9.59 Å². The zero-order chi connectivity index (χ0) is 15.1. The highest BCUT2D eigenvalue weighted by Crippen LogP contribution is 2.52. The second-order valence-electron chi connectivity index (χ2n) is 5.84. The first kappa shape index (κ1) is 14.3. The Morgan fingerprint density at radius 3 is 2.52 bits per heavy atom. The molecule has 2 N–H and O–H groups in total. The second-order valence-corrected chi connectivity index (χ2v) is 6.25. The van der Waals surface area contributed by atoms with Crippen LogP contribution in [0.25, 0.3) is 0 Å². The Morgan fingerprint density at radius 2 is 1.90 bits per heavy atom. The van der Waals surface area contributed by atoms with Gasteiger partial charge in [-0.25, -0.2) is 4.39 Å². The van der Waals surface area contributed by atoms with Gasteiger partial charge in [0.2, 0.25) is 5.91 Å². The van der Waals surface area contributed by atoms with Crippen LogP contribution in [0.4, 0.5) is 10.1 Å². The number of carboxylic acid groups (broad SMARTS) is 1. The topological polar surface area (TPSA) is 66.4 Å². The van der Waals surface area contributed by atoms with Crippen LogP contribution in [0.15, 0.2) is 18.2 Å². The minimum atomic E-state index is -0.903. The van der Waals surface area contributed by atoms with Gasteiger partial charge in [0.1, 0.15) is 5.82 Å².